The van der Waals surface area contributed by atoms with Crippen LogP contribution in [0.3, 0.4) is 0 Å². The van der Waals surface area contributed by atoms with Crippen molar-refractivity contribution in [3.63, 3.8) is 0 Å². The first-order chi connectivity index (χ1) is 8.10. The number of ether oxygens (including phenoxy) is 1. The second-order valence-electron chi connectivity index (χ2n) is 6.79. The first kappa shape index (κ1) is 13.4. The van der Waals surface area contributed by atoms with Crippen molar-refractivity contribution in [3.8, 4) is 0 Å². The van der Waals surface area contributed by atoms with Gasteiger partial charge in [-0.25, -0.2) is 0 Å². The molecule has 2 heteroatoms. The van der Waals surface area contributed by atoms with Crippen LogP contribution in [0.15, 0.2) is 0 Å². The van der Waals surface area contributed by atoms with Crippen molar-refractivity contribution in [2.24, 2.45) is 17.3 Å². The summed E-state index contributed by atoms with van der Waals surface area (Å²) >= 11 is 0. The normalized spacial score (nSPS) is 28.6. The number of hydrogen-bond acceptors (Lipinski definition) is 2. The van der Waals surface area contributed by atoms with Crippen LogP contribution in [-0.2, 0) is 4.74 Å². The molecule has 1 N–H and O–H groups in total. The highest BCUT2D eigenvalue weighted by Gasteiger charge is 2.42. The first-order valence-corrected chi connectivity index (χ1v) is 7.42. The number of hydrogen-bond donors (Lipinski definition) is 1. The third-order valence-electron chi connectivity index (χ3n) is 4.36. The van der Waals surface area contributed by atoms with Gasteiger partial charge in [0, 0.05) is 13.2 Å². The van der Waals surface area contributed by atoms with Crippen LogP contribution in [0.1, 0.15) is 52.9 Å². The maximum atomic E-state index is 5.83. The Bertz CT molecular complexity index is 231. The van der Waals surface area contributed by atoms with Gasteiger partial charge in [0.25, 0.3) is 0 Å². The van der Waals surface area contributed by atoms with E-state index in [2.05, 4.69) is 26.1 Å². The van der Waals surface area contributed by atoms with Crippen LogP contribution in [0.25, 0.3) is 0 Å². The third kappa shape index (κ3) is 3.96. The maximum absolute atomic E-state index is 5.83. The Morgan fingerprint density at radius 2 is 2.06 bits per heavy atom. The van der Waals surface area contributed by atoms with E-state index >= 15 is 0 Å². The summed E-state index contributed by atoms with van der Waals surface area (Å²) in [5.41, 5.74) is 0.476. The molecule has 2 nitrogen and oxygen atoms in total. The van der Waals surface area contributed by atoms with Gasteiger partial charge in [0.1, 0.15) is 0 Å². The lowest BCUT2D eigenvalue weighted by Crippen LogP contribution is -2.38. The van der Waals surface area contributed by atoms with Crippen molar-refractivity contribution in [1.82, 2.24) is 5.32 Å². The van der Waals surface area contributed by atoms with Gasteiger partial charge in [0.15, 0.2) is 0 Å². The zero-order valence-corrected chi connectivity index (χ0v) is 11.8. The van der Waals surface area contributed by atoms with Gasteiger partial charge in [0.2, 0.25) is 0 Å². The Labute approximate surface area is 107 Å². The van der Waals surface area contributed by atoms with Crippen LogP contribution < -0.4 is 5.32 Å². The largest absolute Gasteiger partial charge is 0.378 e. The van der Waals surface area contributed by atoms with Crippen molar-refractivity contribution in [2.45, 2.75) is 59.0 Å². The minimum absolute atomic E-state index is 0.476. The van der Waals surface area contributed by atoms with Crippen molar-refractivity contribution in [2.75, 3.05) is 19.7 Å². The van der Waals surface area contributed by atoms with Crippen LogP contribution >= 0.6 is 0 Å². The Morgan fingerprint density at radius 1 is 1.29 bits per heavy atom. The molecule has 0 aromatic heterocycles. The van der Waals surface area contributed by atoms with Crippen LogP contribution in [0, 0.1) is 17.3 Å². The van der Waals surface area contributed by atoms with Gasteiger partial charge in [-0.15, -0.1) is 0 Å². The fourth-order valence-corrected chi connectivity index (χ4v) is 3.14. The first-order valence-electron chi connectivity index (χ1n) is 7.42. The molecule has 2 atom stereocenters. The van der Waals surface area contributed by atoms with E-state index in [0.717, 1.165) is 25.0 Å². The molecule has 1 saturated carbocycles. The topological polar surface area (TPSA) is 21.3 Å². The van der Waals surface area contributed by atoms with Gasteiger partial charge in [-0.3, -0.25) is 0 Å². The van der Waals surface area contributed by atoms with Crippen molar-refractivity contribution in [1.29, 1.82) is 0 Å². The minimum atomic E-state index is 0.476. The molecule has 17 heavy (non-hydrogen) atoms. The second-order valence-corrected chi connectivity index (χ2v) is 6.79. The molecular weight excluding hydrogens is 210 g/mol. The Kier molecular flexibility index (Phi) is 4.48. The highest BCUT2D eigenvalue weighted by Crippen LogP contribution is 2.48. The molecule has 1 aliphatic carbocycles. The monoisotopic (exact) mass is 239 g/mol. The molecule has 2 unspecified atom stereocenters. The van der Waals surface area contributed by atoms with Crippen LogP contribution in [0.2, 0.25) is 0 Å². The molecule has 0 bridgehead atoms. The molecule has 1 aliphatic heterocycles. The fourth-order valence-electron chi connectivity index (χ4n) is 3.14. The summed E-state index contributed by atoms with van der Waals surface area (Å²) in [7, 11) is 0. The predicted octanol–water partition coefficient (Wildman–Crippen LogP) is 3.22. The lowest BCUT2D eigenvalue weighted by atomic mass is 9.79. The molecular formula is C15H29NO. The van der Waals surface area contributed by atoms with E-state index in [1.54, 1.807) is 0 Å². The molecule has 1 heterocycles. The van der Waals surface area contributed by atoms with E-state index in [0.29, 0.717) is 11.5 Å². The summed E-state index contributed by atoms with van der Waals surface area (Å²) < 4.78 is 5.83. The van der Waals surface area contributed by atoms with Gasteiger partial charge in [-0.2, -0.15) is 0 Å². The molecule has 1 saturated heterocycles. The molecule has 0 spiro atoms. The van der Waals surface area contributed by atoms with E-state index in [4.69, 9.17) is 4.74 Å². The Balaban J connectivity index is 1.80. The maximum Gasteiger partial charge on any atom is 0.0581 e. The molecule has 2 rings (SSSR count). The van der Waals surface area contributed by atoms with Crippen LogP contribution in [0.5, 0.6) is 0 Å². The molecule has 2 fully saturated rings. The average molecular weight is 239 g/mol. The van der Waals surface area contributed by atoms with Crippen molar-refractivity contribution < 1.29 is 4.74 Å². The molecule has 0 amide bonds. The molecule has 0 aromatic rings. The van der Waals surface area contributed by atoms with Gasteiger partial charge < -0.3 is 10.1 Å². The average Bonchev–Trinajstić information content (AvgIpc) is 3.00. The molecule has 2 aliphatic rings. The van der Waals surface area contributed by atoms with Gasteiger partial charge in [-0.1, -0.05) is 20.8 Å². The quantitative estimate of drug-likeness (QED) is 0.736. The van der Waals surface area contributed by atoms with E-state index in [9.17, 15) is 0 Å². The van der Waals surface area contributed by atoms with Crippen molar-refractivity contribution in [3.05, 3.63) is 0 Å². The second kappa shape index (κ2) is 5.71. The van der Waals surface area contributed by atoms with Gasteiger partial charge in [-0.05, 0) is 55.9 Å². The highest BCUT2D eigenvalue weighted by molar-refractivity contribution is 4.94. The predicted molar refractivity (Wildman–Crippen MR) is 72.1 cm³/mol. The zero-order valence-electron chi connectivity index (χ0n) is 11.8. The van der Waals surface area contributed by atoms with Crippen LogP contribution in [0.4, 0.5) is 0 Å². The van der Waals surface area contributed by atoms with E-state index in [1.807, 2.05) is 0 Å². The summed E-state index contributed by atoms with van der Waals surface area (Å²) in [6, 6.07) is 0. The van der Waals surface area contributed by atoms with E-state index in [-0.39, 0.29) is 0 Å². The standard InChI is InChI=1S/C15H29NO/c1-12(2)10-16-11-15(3,13-6-7-13)9-14-5-4-8-17-14/h12-14,16H,4-11H2,1-3H3. The molecule has 100 valence electrons. The Morgan fingerprint density at radius 3 is 2.59 bits per heavy atom. The third-order valence-corrected chi connectivity index (χ3v) is 4.36. The van der Waals surface area contributed by atoms with Crippen molar-refractivity contribution >= 4 is 0 Å². The van der Waals surface area contributed by atoms with Gasteiger partial charge >= 0.3 is 0 Å². The summed E-state index contributed by atoms with van der Waals surface area (Å²) in [5, 5.41) is 3.67. The Hall–Kier alpha value is -0.0800. The molecule has 0 aromatic carbocycles. The zero-order chi connectivity index (χ0) is 12.3. The lowest BCUT2D eigenvalue weighted by Gasteiger charge is -2.33. The summed E-state index contributed by atoms with van der Waals surface area (Å²) in [6.45, 7) is 10.3. The lowest BCUT2D eigenvalue weighted by molar-refractivity contribution is 0.0576. The highest BCUT2D eigenvalue weighted by atomic mass is 16.5. The summed E-state index contributed by atoms with van der Waals surface area (Å²) in [4.78, 5) is 0. The minimum Gasteiger partial charge on any atom is -0.378 e. The van der Waals surface area contributed by atoms with E-state index in [1.165, 1.54) is 38.6 Å². The van der Waals surface area contributed by atoms with Gasteiger partial charge in [0.05, 0.1) is 6.10 Å². The number of rotatable bonds is 7. The van der Waals surface area contributed by atoms with Crippen LogP contribution in [-0.4, -0.2) is 25.8 Å². The summed E-state index contributed by atoms with van der Waals surface area (Å²) in [6.07, 6.45) is 7.24. The fraction of sp³-hybridized carbons (Fsp3) is 1.00. The SMILES string of the molecule is CC(C)CNCC(C)(CC1CCCO1)C1CC1. The van der Waals surface area contributed by atoms with E-state index < -0.39 is 0 Å². The molecule has 0 radical (unpaired) electrons. The number of nitrogens with one attached hydrogen (secondary N) is 1. The summed E-state index contributed by atoms with van der Waals surface area (Å²) in [5.74, 6) is 1.70. The smallest absolute Gasteiger partial charge is 0.0581 e.